The summed E-state index contributed by atoms with van der Waals surface area (Å²) in [6, 6.07) is 8.80. The number of ether oxygens (including phenoxy) is 2. The van der Waals surface area contributed by atoms with Gasteiger partial charge in [0, 0.05) is 12.7 Å². The Morgan fingerprint density at radius 3 is 2.55 bits per heavy atom. The summed E-state index contributed by atoms with van der Waals surface area (Å²) < 4.78 is 9.53. The molecular weight excluding hydrogens is 288 g/mol. The molecule has 7 nitrogen and oxygen atoms in total. The van der Waals surface area contributed by atoms with Gasteiger partial charge in [-0.05, 0) is 6.92 Å². The minimum absolute atomic E-state index is 0.138. The first-order valence-electron chi connectivity index (χ1n) is 6.81. The largest absolute Gasteiger partial charge is 0.447 e. The molecule has 1 rings (SSSR count). The molecule has 0 atom stereocenters. The first kappa shape index (κ1) is 17.6. The number of hydrogen-bond acceptors (Lipinski definition) is 6. The second kappa shape index (κ2) is 10.3. The summed E-state index contributed by atoms with van der Waals surface area (Å²) in [4.78, 5) is 28.1. The normalized spacial score (nSPS) is 10.9. The zero-order valence-corrected chi connectivity index (χ0v) is 12.7. The summed E-state index contributed by atoms with van der Waals surface area (Å²) in [5.41, 5.74) is 0.793. The van der Waals surface area contributed by atoms with E-state index < -0.39 is 6.09 Å². The fraction of sp³-hybridized carbons (Fsp3) is 0.400. The molecule has 0 heterocycles. The number of nitrogens with one attached hydrogen (secondary N) is 1. The van der Waals surface area contributed by atoms with Crippen molar-refractivity contribution in [3.05, 3.63) is 35.9 Å². The maximum Gasteiger partial charge on any atom is 0.407 e. The number of carbonyl (C=O) groups is 2. The van der Waals surface area contributed by atoms with Gasteiger partial charge in [-0.2, -0.15) is 0 Å². The van der Waals surface area contributed by atoms with Gasteiger partial charge >= 0.3 is 6.09 Å². The SMILES string of the molecule is COCCOC(=O)NCCON=C(C)C(=O)c1ccccc1. The third-order valence-electron chi connectivity index (χ3n) is 2.55. The van der Waals surface area contributed by atoms with E-state index in [2.05, 4.69) is 10.5 Å². The summed E-state index contributed by atoms with van der Waals surface area (Å²) in [7, 11) is 1.52. The number of ketones is 1. The highest BCUT2D eigenvalue weighted by atomic mass is 16.6. The molecule has 0 spiro atoms. The first-order valence-corrected chi connectivity index (χ1v) is 6.81. The van der Waals surface area contributed by atoms with Gasteiger partial charge in [0.05, 0.1) is 13.2 Å². The highest BCUT2D eigenvalue weighted by Crippen LogP contribution is 2.01. The lowest BCUT2D eigenvalue weighted by Crippen LogP contribution is -2.28. The van der Waals surface area contributed by atoms with Crippen LogP contribution in [0.15, 0.2) is 35.5 Å². The Balaban J connectivity index is 2.22. The Kier molecular flexibility index (Phi) is 8.29. The minimum atomic E-state index is -0.554. The molecule has 0 unspecified atom stereocenters. The number of nitrogens with zero attached hydrogens (tertiary/aromatic N) is 1. The van der Waals surface area contributed by atoms with Crippen molar-refractivity contribution >= 4 is 17.6 Å². The quantitative estimate of drug-likeness (QED) is 0.324. The molecule has 0 radical (unpaired) electrons. The van der Waals surface area contributed by atoms with Crippen LogP contribution in [0.25, 0.3) is 0 Å². The van der Waals surface area contributed by atoms with Crippen LogP contribution in [0.5, 0.6) is 0 Å². The summed E-state index contributed by atoms with van der Waals surface area (Å²) in [6.07, 6.45) is -0.554. The van der Waals surface area contributed by atoms with E-state index in [1.54, 1.807) is 31.2 Å². The standard InChI is InChI=1S/C15H20N2O5/c1-12(14(18)13-6-4-3-5-7-13)17-22-9-8-16-15(19)21-11-10-20-2/h3-7H,8-11H2,1-2H3,(H,16,19). The van der Waals surface area contributed by atoms with Crippen LogP contribution in [-0.4, -0.2) is 51.1 Å². The number of rotatable bonds is 9. The van der Waals surface area contributed by atoms with E-state index in [1.807, 2.05) is 6.07 Å². The van der Waals surface area contributed by atoms with E-state index in [1.165, 1.54) is 7.11 Å². The van der Waals surface area contributed by atoms with Gasteiger partial charge in [-0.1, -0.05) is 35.5 Å². The van der Waals surface area contributed by atoms with E-state index in [4.69, 9.17) is 14.3 Å². The van der Waals surface area contributed by atoms with Crippen LogP contribution < -0.4 is 5.32 Å². The lowest BCUT2D eigenvalue weighted by atomic mass is 10.1. The smallest absolute Gasteiger partial charge is 0.407 e. The van der Waals surface area contributed by atoms with Crippen LogP contribution in [0.4, 0.5) is 4.79 Å². The average Bonchev–Trinajstić information content (AvgIpc) is 2.54. The molecule has 1 amide bonds. The van der Waals surface area contributed by atoms with Crippen LogP contribution in [-0.2, 0) is 14.3 Å². The number of alkyl carbamates (subject to hydrolysis) is 1. The molecule has 7 heteroatoms. The van der Waals surface area contributed by atoms with E-state index >= 15 is 0 Å². The van der Waals surface area contributed by atoms with Gasteiger partial charge in [0.2, 0.25) is 5.78 Å². The van der Waals surface area contributed by atoms with Crippen molar-refractivity contribution in [2.45, 2.75) is 6.92 Å². The van der Waals surface area contributed by atoms with Crippen molar-refractivity contribution < 1.29 is 23.9 Å². The van der Waals surface area contributed by atoms with Crippen molar-refractivity contribution in [3.8, 4) is 0 Å². The zero-order valence-electron chi connectivity index (χ0n) is 12.7. The van der Waals surface area contributed by atoms with Gasteiger partial charge in [-0.3, -0.25) is 4.79 Å². The molecule has 1 N–H and O–H groups in total. The van der Waals surface area contributed by atoms with Gasteiger partial charge in [-0.15, -0.1) is 0 Å². The first-order chi connectivity index (χ1) is 10.6. The Hall–Kier alpha value is -2.41. The predicted octanol–water partition coefficient (Wildman–Crippen LogP) is 1.63. The van der Waals surface area contributed by atoms with Crippen molar-refractivity contribution in [2.24, 2.45) is 5.16 Å². The molecule has 0 bridgehead atoms. The highest BCUT2D eigenvalue weighted by Gasteiger charge is 2.09. The van der Waals surface area contributed by atoms with Gasteiger partial charge in [0.15, 0.2) is 0 Å². The van der Waals surface area contributed by atoms with Crippen LogP contribution >= 0.6 is 0 Å². The Labute approximate surface area is 129 Å². The van der Waals surface area contributed by atoms with Crippen LogP contribution in [0, 0.1) is 0 Å². The average molecular weight is 308 g/mol. The number of carbonyl (C=O) groups excluding carboxylic acids is 2. The number of oxime groups is 1. The molecule has 1 aromatic carbocycles. The third-order valence-corrected chi connectivity index (χ3v) is 2.55. The fourth-order valence-electron chi connectivity index (χ4n) is 1.45. The van der Waals surface area contributed by atoms with Gasteiger partial charge in [0.25, 0.3) is 0 Å². The minimum Gasteiger partial charge on any atom is -0.447 e. The van der Waals surface area contributed by atoms with Gasteiger partial charge in [-0.25, -0.2) is 4.79 Å². The lowest BCUT2D eigenvalue weighted by molar-refractivity contribution is 0.0934. The number of amides is 1. The Morgan fingerprint density at radius 1 is 1.14 bits per heavy atom. The summed E-state index contributed by atoms with van der Waals surface area (Å²) in [6.45, 7) is 2.46. The molecule has 0 fully saturated rings. The monoisotopic (exact) mass is 308 g/mol. The number of benzene rings is 1. The maximum absolute atomic E-state index is 12.0. The second-order valence-corrected chi connectivity index (χ2v) is 4.26. The Bertz CT molecular complexity index is 502. The maximum atomic E-state index is 12.0. The van der Waals surface area contributed by atoms with Crippen molar-refractivity contribution in [3.63, 3.8) is 0 Å². The predicted molar refractivity (Wildman–Crippen MR) is 81.1 cm³/mol. The third kappa shape index (κ3) is 6.85. The molecule has 0 aromatic heterocycles. The van der Waals surface area contributed by atoms with Gasteiger partial charge in [0.1, 0.15) is 18.9 Å². The molecule has 120 valence electrons. The van der Waals surface area contributed by atoms with Gasteiger partial charge < -0.3 is 19.6 Å². The van der Waals surface area contributed by atoms with E-state index in [0.717, 1.165) is 0 Å². The molecule has 1 aromatic rings. The molecule has 0 aliphatic rings. The van der Waals surface area contributed by atoms with Crippen LogP contribution in [0.1, 0.15) is 17.3 Å². The lowest BCUT2D eigenvalue weighted by Gasteiger charge is -2.06. The second-order valence-electron chi connectivity index (χ2n) is 4.26. The molecule has 0 aliphatic carbocycles. The molecular formula is C15H20N2O5. The van der Waals surface area contributed by atoms with Crippen molar-refractivity contribution in [1.82, 2.24) is 5.32 Å². The number of hydrogen-bond donors (Lipinski definition) is 1. The number of methoxy groups -OCH3 is 1. The molecule has 0 saturated carbocycles. The topological polar surface area (TPSA) is 86.2 Å². The number of Topliss-reactive ketones (excluding diaryl/α,β-unsaturated/α-hetero) is 1. The molecule has 0 aliphatic heterocycles. The van der Waals surface area contributed by atoms with Crippen molar-refractivity contribution in [1.29, 1.82) is 0 Å². The van der Waals surface area contributed by atoms with E-state index in [-0.39, 0.29) is 31.3 Å². The summed E-state index contributed by atoms with van der Waals surface area (Å²) >= 11 is 0. The Morgan fingerprint density at radius 2 is 1.86 bits per heavy atom. The summed E-state index contributed by atoms with van der Waals surface area (Å²) in [5.74, 6) is -0.201. The fourth-order valence-corrected chi connectivity index (χ4v) is 1.45. The van der Waals surface area contributed by atoms with E-state index in [0.29, 0.717) is 12.2 Å². The van der Waals surface area contributed by atoms with Crippen molar-refractivity contribution in [2.75, 3.05) is 33.5 Å². The van der Waals surface area contributed by atoms with Crippen LogP contribution in [0.3, 0.4) is 0 Å². The van der Waals surface area contributed by atoms with E-state index in [9.17, 15) is 9.59 Å². The summed E-state index contributed by atoms with van der Waals surface area (Å²) in [5, 5.41) is 6.21. The zero-order chi connectivity index (χ0) is 16.2. The van der Waals surface area contributed by atoms with Crippen LogP contribution in [0.2, 0.25) is 0 Å². The molecule has 22 heavy (non-hydrogen) atoms. The molecule has 0 saturated heterocycles. The highest BCUT2D eigenvalue weighted by molar-refractivity contribution is 6.45.